The van der Waals surface area contributed by atoms with E-state index in [2.05, 4.69) is 30.4 Å². The van der Waals surface area contributed by atoms with E-state index in [0.29, 0.717) is 6.61 Å². The maximum absolute atomic E-state index is 5.69. The van der Waals surface area contributed by atoms with Crippen molar-refractivity contribution >= 4 is 0 Å². The zero-order chi connectivity index (χ0) is 14.5. The molecule has 1 aromatic carbocycles. The van der Waals surface area contributed by atoms with Crippen LogP contribution in [0.15, 0.2) is 42.5 Å². The van der Waals surface area contributed by atoms with Crippen molar-refractivity contribution in [2.45, 2.75) is 39.5 Å². The second-order valence-corrected chi connectivity index (χ2v) is 4.51. The molecule has 1 aromatic rings. The molecule has 0 aromatic heterocycles. The molecule has 109 valence electrons. The summed E-state index contributed by atoms with van der Waals surface area (Å²) in [6.45, 7) is 5.51. The van der Waals surface area contributed by atoms with Gasteiger partial charge in [-0.3, -0.25) is 0 Å². The fourth-order valence-corrected chi connectivity index (χ4v) is 1.71. The molecule has 0 saturated heterocycles. The molecule has 2 nitrogen and oxygen atoms in total. The lowest BCUT2D eigenvalue weighted by Gasteiger charge is -2.08. The lowest BCUT2D eigenvalue weighted by Crippen LogP contribution is -1.99. The van der Waals surface area contributed by atoms with E-state index in [1.807, 2.05) is 32.0 Å². The lowest BCUT2D eigenvalue weighted by atomic mass is 10.3. The smallest absolute Gasteiger partial charge is 0.130 e. The highest BCUT2D eigenvalue weighted by molar-refractivity contribution is 5.31. The van der Waals surface area contributed by atoms with Crippen LogP contribution in [0.5, 0.6) is 11.5 Å². The Morgan fingerprint density at radius 3 is 2.30 bits per heavy atom. The van der Waals surface area contributed by atoms with Crippen molar-refractivity contribution < 1.29 is 9.47 Å². The Bertz CT molecular complexity index is 372. The molecular weight excluding hydrogens is 248 g/mol. The van der Waals surface area contributed by atoms with E-state index in [1.54, 1.807) is 0 Å². The quantitative estimate of drug-likeness (QED) is 0.443. The molecular formula is C18H25O2. The van der Waals surface area contributed by atoms with E-state index in [4.69, 9.17) is 9.47 Å². The Morgan fingerprint density at radius 1 is 1.00 bits per heavy atom. The van der Waals surface area contributed by atoms with Crippen molar-refractivity contribution in [1.29, 1.82) is 0 Å². The van der Waals surface area contributed by atoms with E-state index in [9.17, 15) is 0 Å². The first-order valence-electron chi connectivity index (χ1n) is 7.36. The molecule has 0 amide bonds. The van der Waals surface area contributed by atoms with Gasteiger partial charge in [0.2, 0.25) is 0 Å². The molecule has 1 rings (SSSR count). The van der Waals surface area contributed by atoms with Gasteiger partial charge in [-0.25, -0.2) is 0 Å². The average molecular weight is 273 g/mol. The second kappa shape index (κ2) is 11.2. The zero-order valence-corrected chi connectivity index (χ0v) is 12.6. The molecule has 0 spiro atoms. The summed E-state index contributed by atoms with van der Waals surface area (Å²) in [6.07, 6.45) is 12.6. The van der Waals surface area contributed by atoms with Crippen molar-refractivity contribution in [3.05, 3.63) is 48.6 Å². The number of hydrogen-bond donors (Lipinski definition) is 0. The number of ether oxygens (including phenoxy) is 2. The molecule has 0 saturated carbocycles. The zero-order valence-electron chi connectivity index (χ0n) is 12.6. The predicted molar refractivity (Wildman–Crippen MR) is 84.4 cm³/mol. The molecule has 0 unspecified atom stereocenters. The van der Waals surface area contributed by atoms with Crippen LogP contribution in [0.2, 0.25) is 0 Å². The summed E-state index contributed by atoms with van der Waals surface area (Å²) < 4.78 is 11.4. The van der Waals surface area contributed by atoms with Gasteiger partial charge >= 0.3 is 0 Å². The maximum atomic E-state index is 5.69. The molecule has 1 radical (unpaired) electrons. The van der Waals surface area contributed by atoms with E-state index < -0.39 is 0 Å². The topological polar surface area (TPSA) is 18.5 Å². The predicted octanol–water partition coefficient (Wildman–Crippen LogP) is 4.96. The van der Waals surface area contributed by atoms with Crippen LogP contribution in [0, 0.1) is 6.07 Å². The molecule has 0 aliphatic rings. The van der Waals surface area contributed by atoms with Crippen LogP contribution in [0.1, 0.15) is 39.5 Å². The molecule has 0 bridgehead atoms. The van der Waals surface area contributed by atoms with E-state index in [0.717, 1.165) is 43.8 Å². The first-order chi connectivity index (χ1) is 9.86. The maximum Gasteiger partial charge on any atom is 0.130 e. The molecule has 2 heteroatoms. The van der Waals surface area contributed by atoms with Gasteiger partial charge in [-0.2, -0.15) is 0 Å². The highest BCUT2D eigenvalue weighted by Gasteiger charge is 1.98. The molecule has 0 aliphatic heterocycles. The normalized spacial score (nSPS) is 11.3. The van der Waals surface area contributed by atoms with Crippen LogP contribution in [0.25, 0.3) is 0 Å². The third kappa shape index (κ3) is 7.67. The number of allylic oxidation sites excluding steroid dienone is 4. The number of benzene rings is 1. The summed E-state index contributed by atoms with van der Waals surface area (Å²) in [4.78, 5) is 0. The minimum Gasteiger partial charge on any atom is -0.493 e. The molecule has 0 N–H and O–H groups in total. The van der Waals surface area contributed by atoms with Gasteiger partial charge in [0.1, 0.15) is 11.5 Å². The number of rotatable bonds is 10. The van der Waals surface area contributed by atoms with Gasteiger partial charge in [-0.1, -0.05) is 24.3 Å². The summed E-state index contributed by atoms with van der Waals surface area (Å²) in [6, 6.07) is 8.76. The van der Waals surface area contributed by atoms with Crippen molar-refractivity contribution in [1.82, 2.24) is 0 Å². The molecule has 0 fully saturated rings. The van der Waals surface area contributed by atoms with Crippen molar-refractivity contribution in [2.75, 3.05) is 13.2 Å². The first-order valence-corrected chi connectivity index (χ1v) is 7.36. The van der Waals surface area contributed by atoms with Gasteiger partial charge < -0.3 is 9.47 Å². The van der Waals surface area contributed by atoms with Crippen molar-refractivity contribution in [3.8, 4) is 11.5 Å². The summed E-state index contributed by atoms with van der Waals surface area (Å²) >= 11 is 0. The Kier molecular flexibility index (Phi) is 9.12. The van der Waals surface area contributed by atoms with Gasteiger partial charge in [0, 0.05) is 12.1 Å². The average Bonchev–Trinajstić information content (AvgIpc) is 2.47. The fourth-order valence-electron chi connectivity index (χ4n) is 1.71. The third-order valence-corrected chi connectivity index (χ3v) is 2.77. The summed E-state index contributed by atoms with van der Waals surface area (Å²) in [5.41, 5.74) is 0. The third-order valence-electron chi connectivity index (χ3n) is 2.77. The summed E-state index contributed by atoms with van der Waals surface area (Å²) in [7, 11) is 0. The van der Waals surface area contributed by atoms with Gasteiger partial charge in [0.25, 0.3) is 0 Å². The monoisotopic (exact) mass is 273 g/mol. The van der Waals surface area contributed by atoms with E-state index >= 15 is 0 Å². The molecule has 0 heterocycles. The Balaban J connectivity index is 2.26. The molecule has 0 aliphatic carbocycles. The van der Waals surface area contributed by atoms with Crippen molar-refractivity contribution in [2.24, 2.45) is 0 Å². The second-order valence-electron chi connectivity index (χ2n) is 4.51. The Labute approximate surface area is 123 Å². The SMILES string of the molecule is C/C=C/CCCOc1[c]ccc(OCCC/C=C/C)c1. The number of hydrogen-bond acceptors (Lipinski definition) is 2. The number of unbranched alkanes of at least 4 members (excludes halogenated alkanes) is 2. The summed E-state index contributed by atoms with van der Waals surface area (Å²) in [5, 5.41) is 0. The minimum atomic E-state index is 0.714. The van der Waals surface area contributed by atoms with Gasteiger partial charge in [0.05, 0.1) is 13.2 Å². The van der Waals surface area contributed by atoms with Crippen LogP contribution in [0.4, 0.5) is 0 Å². The largest absolute Gasteiger partial charge is 0.493 e. The minimum absolute atomic E-state index is 0.714. The van der Waals surface area contributed by atoms with Crippen LogP contribution >= 0.6 is 0 Å². The van der Waals surface area contributed by atoms with Gasteiger partial charge in [-0.15, -0.1) is 0 Å². The van der Waals surface area contributed by atoms with Crippen molar-refractivity contribution in [3.63, 3.8) is 0 Å². The van der Waals surface area contributed by atoms with Crippen LogP contribution in [0.3, 0.4) is 0 Å². The molecule has 0 atom stereocenters. The first kappa shape index (κ1) is 16.4. The lowest BCUT2D eigenvalue weighted by molar-refractivity contribution is 0.296. The Morgan fingerprint density at radius 2 is 1.65 bits per heavy atom. The van der Waals surface area contributed by atoms with Crippen LogP contribution < -0.4 is 9.47 Å². The van der Waals surface area contributed by atoms with E-state index in [-0.39, 0.29) is 0 Å². The van der Waals surface area contributed by atoms with Gasteiger partial charge in [-0.05, 0) is 51.7 Å². The van der Waals surface area contributed by atoms with Crippen LogP contribution in [-0.4, -0.2) is 13.2 Å². The highest BCUT2D eigenvalue weighted by atomic mass is 16.5. The van der Waals surface area contributed by atoms with Gasteiger partial charge in [0.15, 0.2) is 0 Å². The highest BCUT2D eigenvalue weighted by Crippen LogP contribution is 2.19. The Hall–Kier alpha value is -1.70. The fraction of sp³-hybridized carbons (Fsp3) is 0.444. The van der Waals surface area contributed by atoms with E-state index in [1.165, 1.54) is 0 Å². The van der Waals surface area contributed by atoms with Crippen LogP contribution in [-0.2, 0) is 0 Å². The molecule has 20 heavy (non-hydrogen) atoms. The standard InChI is InChI=1S/C18H25O2/c1-3-5-7-9-14-19-17-12-11-13-18(16-17)20-15-10-8-6-4-2/h3-6,11-12,16H,7-10,14-15H2,1-2H3/b5-3+,6-4+. The summed E-state index contributed by atoms with van der Waals surface area (Å²) in [5.74, 6) is 1.61.